The van der Waals surface area contributed by atoms with Gasteiger partial charge in [0.15, 0.2) is 0 Å². The van der Waals surface area contributed by atoms with Crippen LogP contribution >= 0.6 is 24.8 Å². The molecule has 3 heterocycles. The van der Waals surface area contributed by atoms with Crippen LogP contribution in [0.15, 0.2) is 54.7 Å². The second kappa shape index (κ2) is 8.42. The number of aromatic nitrogens is 4. The molecule has 5 nitrogen and oxygen atoms in total. The van der Waals surface area contributed by atoms with E-state index in [-0.39, 0.29) is 24.8 Å². The van der Waals surface area contributed by atoms with E-state index in [0.29, 0.717) is 0 Å². The van der Waals surface area contributed by atoms with E-state index in [1.54, 1.807) is 0 Å². The monoisotopic (exact) mass is 453 g/mol. The van der Waals surface area contributed by atoms with Gasteiger partial charge in [-0.2, -0.15) is 0 Å². The lowest BCUT2D eigenvalue weighted by atomic mass is 10.0. The van der Waals surface area contributed by atoms with Crippen LogP contribution in [0.3, 0.4) is 0 Å². The van der Waals surface area contributed by atoms with Crippen LogP contribution in [-0.2, 0) is 6.54 Å². The second-order valence-electron chi connectivity index (χ2n) is 7.76. The molecule has 0 radical (unpaired) electrons. The normalized spacial score (nSPS) is 11.5. The Morgan fingerprint density at radius 2 is 1.68 bits per heavy atom. The number of fused-ring (bicyclic) bond motifs is 10. The number of benzene rings is 3. The van der Waals surface area contributed by atoms with Crippen molar-refractivity contribution in [2.75, 3.05) is 13.6 Å². The van der Waals surface area contributed by atoms with Crippen LogP contribution in [0.5, 0.6) is 0 Å². The Morgan fingerprint density at radius 1 is 0.903 bits per heavy atom. The van der Waals surface area contributed by atoms with Crippen molar-refractivity contribution in [2.45, 2.75) is 19.4 Å². The fourth-order valence-electron chi connectivity index (χ4n) is 4.85. The average molecular weight is 454 g/mol. The van der Waals surface area contributed by atoms with Crippen molar-refractivity contribution in [2.24, 2.45) is 0 Å². The number of hydrogen-bond acceptors (Lipinski definition) is 2. The minimum atomic E-state index is 0. The first-order valence-electron chi connectivity index (χ1n) is 10.3. The fraction of sp³-hybridized carbons (Fsp3) is 0.208. The molecule has 0 saturated carbocycles. The van der Waals surface area contributed by atoms with Crippen LogP contribution in [0.1, 0.15) is 12.8 Å². The van der Waals surface area contributed by atoms with Gasteiger partial charge in [0.2, 0.25) is 0 Å². The molecule has 0 aliphatic carbocycles. The van der Waals surface area contributed by atoms with Crippen LogP contribution in [0, 0.1) is 0 Å². The molecule has 0 bridgehead atoms. The Morgan fingerprint density at radius 3 is 2.52 bits per heavy atom. The number of hydrogen-bond donors (Lipinski definition) is 3. The molecule has 0 fully saturated rings. The lowest BCUT2D eigenvalue weighted by Crippen LogP contribution is -2.08. The van der Waals surface area contributed by atoms with Crippen LogP contribution in [-0.4, -0.2) is 33.3 Å². The first-order valence-corrected chi connectivity index (χ1v) is 10.3. The summed E-state index contributed by atoms with van der Waals surface area (Å²) in [5.74, 6) is 0. The molecular weight excluding hydrogens is 429 g/mol. The van der Waals surface area contributed by atoms with E-state index >= 15 is 0 Å². The van der Waals surface area contributed by atoms with Crippen molar-refractivity contribution in [3.05, 3.63) is 54.7 Å². The molecule has 160 valence electrons. The lowest BCUT2D eigenvalue weighted by Gasteiger charge is -2.08. The number of H-pyrrole nitrogens is 2. The Hall–Kier alpha value is -2.73. The Balaban J connectivity index is 0.00000116. The zero-order valence-electron chi connectivity index (χ0n) is 17.2. The number of rotatable bonds is 5. The number of nitrogens with zero attached hydrogens (tertiary/aromatic N) is 2. The molecule has 0 amide bonds. The quantitative estimate of drug-likeness (QED) is 0.274. The van der Waals surface area contributed by atoms with Gasteiger partial charge >= 0.3 is 0 Å². The van der Waals surface area contributed by atoms with E-state index in [1.165, 1.54) is 38.0 Å². The minimum Gasteiger partial charge on any atom is -0.339 e. The van der Waals surface area contributed by atoms with E-state index in [2.05, 4.69) is 74.8 Å². The molecule has 6 rings (SSSR count). The van der Waals surface area contributed by atoms with Gasteiger partial charge < -0.3 is 20.1 Å². The van der Waals surface area contributed by atoms with Gasteiger partial charge in [-0.15, -0.1) is 24.8 Å². The maximum Gasteiger partial charge on any atom is 0.0967 e. The average Bonchev–Trinajstić information content (AvgIpc) is 3.44. The van der Waals surface area contributed by atoms with Crippen LogP contribution in [0.2, 0.25) is 0 Å². The number of halogens is 2. The number of nitrogens with one attached hydrogen (secondary N) is 3. The van der Waals surface area contributed by atoms with Crippen molar-refractivity contribution >= 4 is 79.3 Å². The third kappa shape index (κ3) is 3.07. The van der Waals surface area contributed by atoms with Crippen molar-refractivity contribution in [3.63, 3.8) is 0 Å². The van der Waals surface area contributed by atoms with Gasteiger partial charge in [0.05, 0.1) is 22.1 Å². The maximum atomic E-state index is 5.11. The number of unbranched alkanes of at least 4 members (excludes halogenated alkanes) is 1. The molecule has 0 saturated heterocycles. The van der Waals surface area contributed by atoms with E-state index < -0.39 is 0 Å². The predicted octanol–water partition coefficient (Wildman–Crippen LogP) is 6.15. The summed E-state index contributed by atoms with van der Waals surface area (Å²) in [7, 11) is 2.02. The zero-order valence-corrected chi connectivity index (χ0v) is 18.9. The fourth-order valence-corrected chi connectivity index (χ4v) is 4.85. The predicted molar refractivity (Wildman–Crippen MR) is 136 cm³/mol. The first kappa shape index (κ1) is 21.5. The summed E-state index contributed by atoms with van der Waals surface area (Å²) in [6, 6.07) is 17.2. The highest BCUT2D eigenvalue weighted by Gasteiger charge is 2.21. The number of aryl methyl sites for hydroxylation is 1. The standard InChI is InChI=1S/C24H23N5.2ClH/c1-25-12-6-7-13-29-19-11-5-3-9-16(19)21-22-17(14-26-28-22)20-15-8-2-4-10-18(15)27-23(20)24(21)29;;/h2-5,8-11,14,25-26,28H,6-7,12-13H2,1H3;2*1H. The molecule has 0 atom stereocenters. The van der Waals surface area contributed by atoms with Crippen molar-refractivity contribution in [3.8, 4) is 0 Å². The first-order chi connectivity index (χ1) is 14.4. The molecular formula is C24H25Cl2N5. The van der Waals surface area contributed by atoms with Crippen molar-refractivity contribution in [1.82, 2.24) is 25.1 Å². The molecule has 31 heavy (non-hydrogen) atoms. The third-order valence-corrected chi connectivity index (χ3v) is 6.10. The highest BCUT2D eigenvalue weighted by atomic mass is 35.5. The molecule has 7 heteroatoms. The molecule has 0 unspecified atom stereocenters. The molecule has 0 spiro atoms. The van der Waals surface area contributed by atoms with E-state index in [0.717, 1.165) is 42.5 Å². The minimum absolute atomic E-state index is 0. The summed E-state index contributed by atoms with van der Waals surface area (Å²) < 4.78 is 2.48. The third-order valence-electron chi connectivity index (χ3n) is 6.10. The largest absolute Gasteiger partial charge is 0.339 e. The van der Waals surface area contributed by atoms with Crippen LogP contribution in [0.25, 0.3) is 54.5 Å². The summed E-state index contributed by atoms with van der Waals surface area (Å²) in [5.41, 5.74) is 5.85. The van der Waals surface area contributed by atoms with E-state index in [9.17, 15) is 0 Å². The zero-order chi connectivity index (χ0) is 19.4. The highest BCUT2D eigenvalue weighted by Crippen LogP contribution is 2.42. The van der Waals surface area contributed by atoms with Gasteiger partial charge in [-0.3, -0.25) is 0 Å². The second-order valence-corrected chi connectivity index (χ2v) is 7.76. The van der Waals surface area contributed by atoms with Crippen LogP contribution in [0.4, 0.5) is 0 Å². The number of para-hydroxylation sites is 2. The molecule has 3 aromatic carbocycles. The Bertz CT molecular complexity index is 1510. The smallest absolute Gasteiger partial charge is 0.0967 e. The topological polar surface area (TPSA) is 61.4 Å². The Labute approximate surface area is 192 Å². The highest BCUT2D eigenvalue weighted by molar-refractivity contribution is 6.34. The molecule has 3 N–H and O–H groups in total. The molecule has 0 aliphatic rings. The van der Waals surface area contributed by atoms with E-state index in [1.807, 2.05) is 7.05 Å². The summed E-state index contributed by atoms with van der Waals surface area (Å²) in [6.07, 6.45) is 4.36. The maximum absolute atomic E-state index is 5.11. The van der Waals surface area contributed by atoms with Gasteiger partial charge in [0.25, 0.3) is 0 Å². The summed E-state index contributed by atoms with van der Waals surface area (Å²) in [4.78, 5) is 5.11. The van der Waals surface area contributed by atoms with Gasteiger partial charge in [0.1, 0.15) is 0 Å². The van der Waals surface area contributed by atoms with Gasteiger partial charge in [-0.1, -0.05) is 36.4 Å². The van der Waals surface area contributed by atoms with Gasteiger partial charge in [-0.05, 0) is 38.6 Å². The summed E-state index contributed by atoms with van der Waals surface area (Å²) in [6.45, 7) is 2.03. The van der Waals surface area contributed by atoms with Gasteiger partial charge in [0, 0.05) is 45.2 Å². The van der Waals surface area contributed by atoms with Gasteiger partial charge in [-0.25, -0.2) is 4.98 Å². The van der Waals surface area contributed by atoms with Crippen molar-refractivity contribution in [1.29, 1.82) is 0 Å². The Kier molecular flexibility index (Phi) is 5.84. The molecule has 0 aliphatic heterocycles. The summed E-state index contributed by atoms with van der Waals surface area (Å²) in [5, 5.41) is 16.1. The van der Waals surface area contributed by atoms with E-state index in [4.69, 9.17) is 4.98 Å². The SMILES string of the molecule is CNCCCCn1c2ccccc2c2c3[nH][nH]cc3c3c4ccccc4nc3c21.Cl.Cl. The number of aromatic amines is 2. The summed E-state index contributed by atoms with van der Waals surface area (Å²) >= 11 is 0. The van der Waals surface area contributed by atoms with Crippen molar-refractivity contribution < 1.29 is 0 Å². The lowest BCUT2D eigenvalue weighted by molar-refractivity contribution is 0.612. The van der Waals surface area contributed by atoms with Crippen LogP contribution < -0.4 is 5.32 Å². The molecule has 3 aromatic heterocycles. The molecule has 6 aromatic rings.